The predicted octanol–water partition coefficient (Wildman–Crippen LogP) is 2.94. The lowest BCUT2D eigenvalue weighted by atomic mass is 9.85. The largest absolute Gasteiger partial charge is 0.319 e. The fourth-order valence-corrected chi connectivity index (χ4v) is 3.15. The van der Waals surface area contributed by atoms with Crippen LogP contribution in [0.1, 0.15) is 24.4 Å². The molecule has 0 aromatic heterocycles. The first-order chi connectivity index (χ1) is 8.22. The van der Waals surface area contributed by atoms with E-state index in [1.807, 2.05) is 13.1 Å². The van der Waals surface area contributed by atoms with Crippen LogP contribution in [0.25, 0.3) is 0 Å². The monoisotopic (exact) mass is 252 g/mol. The molecule has 1 aliphatic rings. The van der Waals surface area contributed by atoms with Crippen LogP contribution < -0.4 is 5.32 Å². The lowest BCUT2D eigenvalue weighted by Gasteiger charge is -2.39. The van der Waals surface area contributed by atoms with Crippen molar-refractivity contribution >= 4 is 11.6 Å². The van der Waals surface area contributed by atoms with Crippen LogP contribution in [0.4, 0.5) is 0 Å². The number of nitrogens with one attached hydrogen (secondary N) is 1. The molecule has 94 valence electrons. The van der Waals surface area contributed by atoms with E-state index in [0.717, 1.165) is 11.6 Å². The molecule has 1 heterocycles. The molecule has 0 aliphatic carbocycles. The van der Waals surface area contributed by atoms with Gasteiger partial charge in [0.05, 0.1) is 0 Å². The van der Waals surface area contributed by atoms with Crippen LogP contribution in [-0.4, -0.2) is 32.1 Å². The molecule has 2 atom stereocenters. The Kier molecular flexibility index (Phi) is 4.43. The van der Waals surface area contributed by atoms with E-state index >= 15 is 0 Å². The van der Waals surface area contributed by atoms with Crippen LogP contribution in [0.2, 0.25) is 5.02 Å². The second-order valence-electron chi connectivity index (χ2n) is 4.94. The van der Waals surface area contributed by atoms with E-state index in [9.17, 15) is 0 Å². The molecule has 1 saturated heterocycles. The Balaban J connectivity index is 2.24. The molecule has 2 unspecified atom stereocenters. The van der Waals surface area contributed by atoms with Gasteiger partial charge in [0.2, 0.25) is 0 Å². The Morgan fingerprint density at radius 2 is 2.29 bits per heavy atom. The van der Waals surface area contributed by atoms with Crippen molar-refractivity contribution < 1.29 is 0 Å². The minimum absolute atomic E-state index is 0.495. The van der Waals surface area contributed by atoms with Crippen molar-refractivity contribution in [1.82, 2.24) is 10.2 Å². The van der Waals surface area contributed by atoms with Gasteiger partial charge in [0.1, 0.15) is 0 Å². The minimum atomic E-state index is 0.495. The molecule has 1 aromatic rings. The highest BCUT2D eigenvalue weighted by Gasteiger charge is 2.29. The van der Waals surface area contributed by atoms with E-state index in [1.54, 1.807) is 0 Å². The summed E-state index contributed by atoms with van der Waals surface area (Å²) < 4.78 is 0. The van der Waals surface area contributed by atoms with Crippen LogP contribution in [0.15, 0.2) is 24.3 Å². The Morgan fingerprint density at radius 3 is 3.00 bits per heavy atom. The number of benzene rings is 1. The number of hydrogen-bond acceptors (Lipinski definition) is 2. The molecule has 1 aliphatic heterocycles. The first kappa shape index (κ1) is 12.9. The minimum Gasteiger partial charge on any atom is -0.319 e. The van der Waals surface area contributed by atoms with Crippen molar-refractivity contribution in [2.75, 3.05) is 27.2 Å². The molecule has 0 bridgehead atoms. The van der Waals surface area contributed by atoms with Gasteiger partial charge in [-0.3, -0.25) is 4.90 Å². The maximum absolute atomic E-state index is 6.10. The third-order valence-corrected chi connectivity index (χ3v) is 3.90. The van der Waals surface area contributed by atoms with E-state index in [1.165, 1.54) is 24.9 Å². The summed E-state index contributed by atoms with van der Waals surface area (Å²) >= 11 is 6.10. The summed E-state index contributed by atoms with van der Waals surface area (Å²) in [5.41, 5.74) is 1.35. The standard InChI is InChI=1S/C14H21ClN2/c1-16-10-12-6-4-8-17(2)14(12)11-5-3-7-13(15)9-11/h3,5,7,9,12,14,16H,4,6,8,10H2,1-2H3. The Morgan fingerprint density at radius 1 is 1.47 bits per heavy atom. The number of rotatable bonds is 3. The maximum atomic E-state index is 6.10. The smallest absolute Gasteiger partial charge is 0.0409 e. The summed E-state index contributed by atoms with van der Waals surface area (Å²) in [6, 6.07) is 8.80. The lowest BCUT2D eigenvalue weighted by Crippen LogP contribution is -2.39. The quantitative estimate of drug-likeness (QED) is 0.890. The highest BCUT2D eigenvalue weighted by atomic mass is 35.5. The summed E-state index contributed by atoms with van der Waals surface area (Å²) in [5.74, 6) is 0.678. The fraction of sp³-hybridized carbons (Fsp3) is 0.571. The molecule has 0 amide bonds. The van der Waals surface area contributed by atoms with E-state index < -0.39 is 0 Å². The van der Waals surface area contributed by atoms with Crippen LogP contribution in [0.5, 0.6) is 0 Å². The van der Waals surface area contributed by atoms with Crippen LogP contribution in [0.3, 0.4) is 0 Å². The molecule has 3 heteroatoms. The molecule has 17 heavy (non-hydrogen) atoms. The van der Waals surface area contributed by atoms with Crippen LogP contribution >= 0.6 is 11.6 Å². The normalized spacial score (nSPS) is 26.1. The third kappa shape index (κ3) is 3.01. The van der Waals surface area contributed by atoms with Crippen LogP contribution in [0, 0.1) is 5.92 Å². The van der Waals surface area contributed by atoms with Crippen LogP contribution in [-0.2, 0) is 0 Å². The SMILES string of the molecule is CNCC1CCCN(C)C1c1cccc(Cl)c1. The van der Waals surface area contributed by atoms with Gasteiger partial charge in [-0.15, -0.1) is 0 Å². The second-order valence-corrected chi connectivity index (χ2v) is 5.38. The molecular weight excluding hydrogens is 232 g/mol. The zero-order valence-corrected chi connectivity index (χ0v) is 11.4. The number of nitrogens with zero attached hydrogens (tertiary/aromatic N) is 1. The molecular formula is C14H21ClN2. The van der Waals surface area contributed by atoms with Gasteiger partial charge in [-0.2, -0.15) is 0 Å². The highest BCUT2D eigenvalue weighted by molar-refractivity contribution is 6.30. The van der Waals surface area contributed by atoms with E-state index in [2.05, 4.69) is 35.5 Å². The summed E-state index contributed by atoms with van der Waals surface area (Å²) in [6.45, 7) is 2.25. The number of halogens is 1. The Hall–Kier alpha value is -0.570. The molecule has 1 N–H and O–H groups in total. The summed E-state index contributed by atoms with van der Waals surface area (Å²) in [6.07, 6.45) is 2.59. The van der Waals surface area contributed by atoms with Gasteiger partial charge < -0.3 is 5.32 Å². The molecule has 1 aromatic carbocycles. The number of hydrogen-bond donors (Lipinski definition) is 1. The molecule has 0 saturated carbocycles. The van der Waals surface area contributed by atoms with Gasteiger partial charge in [0, 0.05) is 11.1 Å². The number of likely N-dealkylation sites (tertiary alicyclic amines) is 1. The van der Waals surface area contributed by atoms with Gasteiger partial charge in [-0.1, -0.05) is 23.7 Å². The lowest BCUT2D eigenvalue weighted by molar-refractivity contribution is 0.121. The van der Waals surface area contributed by atoms with Gasteiger partial charge in [-0.05, 0) is 63.6 Å². The molecule has 2 nitrogen and oxygen atoms in total. The molecule has 0 spiro atoms. The second kappa shape index (κ2) is 5.85. The zero-order chi connectivity index (χ0) is 12.3. The van der Waals surface area contributed by atoms with Crippen molar-refractivity contribution in [3.05, 3.63) is 34.9 Å². The van der Waals surface area contributed by atoms with Gasteiger partial charge in [0.15, 0.2) is 0 Å². The Labute approximate surface area is 109 Å². The average molecular weight is 253 g/mol. The summed E-state index contributed by atoms with van der Waals surface area (Å²) in [7, 11) is 4.25. The Bertz CT molecular complexity index is 365. The zero-order valence-electron chi connectivity index (χ0n) is 10.6. The van der Waals surface area contributed by atoms with E-state index in [-0.39, 0.29) is 0 Å². The first-order valence-corrected chi connectivity index (χ1v) is 6.70. The number of piperidine rings is 1. The highest BCUT2D eigenvalue weighted by Crippen LogP contribution is 2.35. The van der Waals surface area contributed by atoms with Crippen molar-refractivity contribution in [2.24, 2.45) is 5.92 Å². The topological polar surface area (TPSA) is 15.3 Å². The predicted molar refractivity (Wildman–Crippen MR) is 73.5 cm³/mol. The van der Waals surface area contributed by atoms with Gasteiger partial charge in [0.25, 0.3) is 0 Å². The summed E-state index contributed by atoms with van der Waals surface area (Å²) in [4.78, 5) is 2.46. The molecule has 0 radical (unpaired) electrons. The van der Waals surface area contributed by atoms with Crippen molar-refractivity contribution in [3.63, 3.8) is 0 Å². The van der Waals surface area contributed by atoms with E-state index in [0.29, 0.717) is 12.0 Å². The summed E-state index contributed by atoms with van der Waals surface area (Å²) in [5, 5.41) is 4.15. The fourth-order valence-electron chi connectivity index (χ4n) is 2.95. The van der Waals surface area contributed by atoms with E-state index in [4.69, 9.17) is 11.6 Å². The first-order valence-electron chi connectivity index (χ1n) is 6.32. The van der Waals surface area contributed by atoms with Crippen molar-refractivity contribution in [2.45, 2.75) is 18.9 Å². The van der Waals surface area contributed by atoms with Gasteiger partial charge in [-0.25, -0.2) is 0 Å². The van der Waals surface area contributed by atoms with Crippen molar-refractivity contribution in [3.8, 4) is 0 Å². The third-order valence-electron chi connectivity index (χ3n) is 3.66. The average Bonchev–Trinajstić information content (AvgIpc) is 2.29. The molecule has 2 rings (SSSR count). The van der Waals surface area contributed by atoms with Crippen molar-refractivity contribution in [1.29, 1.82) is 0 Å². The van der Waals surface area contributed by atoms with Gasteiger partial charge >= 0.3 is 0 Å². The molecule has 1 fully saturated rings. The maximum Gasteiger partial charge on any atom is 0.0409 e.